The van der Waals surface area contributed by atoms with Crippen molar-refractivity contribution in [3.05, 3.63) is 58.6 Å². The van der Waals surface area contributed by atoms with Gasteiger partial charge in [0.05, 0.1) is 5.69 Å². The summed E-state index contributed by atoms with van der Waals surface area (Å²) in [5.41, 5.74) is 2.31. The number of halogens is 1. The predicted octanol–water partition coefficient (Wildman–Crippen LogP) is 4.92. The van der Waals surface area contributed by atoms with Crippen LogP contribution in [0.25, 0.3) is 0 Å². The highest BCUT2D eigenvalue weighted by atomic mass is 35.5. The molecule has 0 aliphatic rings. The first-order chi connectivity index (χ1) is 9.08. The number of phenolic OH excluding ortho intramolecular Hbond substituents is 1. The Labute approximate surface area is 118 Å². The summed E-state index contributed by atoms with van der Waals surface area (Å²) in [5.74, 6) is 0.460. The van der Waals surface area contributed by atoms with E-state index >= 15 is 0 Å². The monoisotopic (exact) mass is 273 g/mol. The van der Waals surface area contributed by atoms with E-state index in [1.54, 1.807) is 18.3 Å². The lowest BCUT2D eigenvalue weighted by Gasteiger charge is -2.11. The molecular formula is C16H16ClNO. The smallest absolute Gasteiger partial charge is 0.127 e. The van der Waals surface area contributed by atoms with E-state index in [9.17, 15) is 5.11 Å². The highest BCUT2D eigenvalue weighted by molar-refractivity contribution is 6.31. The van der Waals surface area contributed by atoms with Gasteiger partial charge in [0.25, 0.3) is 0 Å². The molecule has 0 aliphatic carbocycles. The van der Waals surface area contributed by atoms with E-state index in [2.05, 4.69) is 4.99 Å². The molecule has 0 radical (unpaired) electrons. The average Bonchev–Trinajstić information content (AvgIpc) is 2.40. The molecule has 2 rings (SSSR count). The molecule has 0 aliphatic heterocycles. The summed E-state index contributed by atoms with van der Waals surface area (Å²) in [4.78, 5) is 4.34. The van der Waals surface area contributed by atoms with Crippen molar-refractivity contribution in [1.82, 2.24) is 0 Å². The molecule has 1 N–H and O–H groups in total. The molecule has 0 saturated carbocycles. The van der Waals surface area contributed by atoms with E-state index in [4.69, 9.17) is 11.6 Å². The molecule has 0 atom stereocenters. The van der Waals surface area contributed by atoms with Crippen LogP contribution >= 0.6 is 11.6 Å². The van der Waals surface area contributed by atoms with Gasteiger partial charge in [0.1, 0.15) is 5.75 Å². The van der Waals surface area contributed by atoms with Gasteiger partial charge in [-0.2, -0.15) is 0 Å². The molecule has 98 valence electrons. The van der Waals surface area contributed by atoms with Gasteiger partial charge < -0.3 is 5.11 Å². The van der Waals surface area contributed by atoms with E-state index in [0.29, 0.717) is 10.6 Å². The Morgan fingerprint density at radius 1 is 1.16 bits per heavy atom. The van der Waals surface area contributed by atoms with E-state index < -0.39 is 0 Å². The standard InChI is InChI=1S/C16H16ClNO/c1-11(2)15-9-13(17)8-12(16(15)19)10-18-14-6-4-3-5-7-14/h3-11,19H,1-2H3. The Morgan fingerprint density at radius 2 is 1.84 bits per heavy atom. The van der Waals surface area contributed by atoms with Crippen LogP contribution < -0.4 is 0 Å². The summed E-state index contributed by atoms with van der Waals surface area (Å²) in [6.07, 6.45) is 1.64. The summed E-state index contributed by atoms with van der Waals surface area (Å²) in [6.45, 7) is 4.03. The Bertz CT molecular complexity index is 591. The predicted molar refractivity (Wildman–Crippen MR) is 80.9 cm³/mol. The second kappa shape index (κ2) is 5.89. The van der Waals surface area contributed by atoms with Gasteiger partial charge in [-0.05, 0) is 35.7 Å². The quantitative estimate of drug-likeness (QED) is 0.791. The van der Waals surface area contributed by atoms with Crippen molar-refractivity contribution < 1.29 is 5.11 Å². The normalized spacial score (nSPS) is 11.4. The zero-order valence-electron chi connectivity index (χ0n) is 11.0. The lowest BCUT2D eigenvalue weighted by molar-refractivity contribution is 0.464. The van der Waals surface area contributed by atoms with Gasteiger partial charge in [-0.15, -0.1) is 0 Å². The number of aromatic hydroxyl groups is 1. The fourth-order valence-electron chi connectivity index (χ4n) is 1.84. The lowest BCUT2D eigenvalue weighted by atomic mass is 9.99. The first kappa shape index (κ1) is 13.6. The molecule has 0 spiro atoms. The topological polar surface area (TPSA) is 32.6 Å². The first-order valence-electron chi connectivity index (χ1n) is 6.19. The Kier molecular flexibility index (Phi) is 4.23. The zero-order valence-corrected chi connectivity index (χ0v) is 11.7. The maximum absolute atomic E-state index is 10.2. The Hall–Kier alpha value is -1.80. The molecule has 0 unspecified atom stereocenters. The Balaban J connectivity index is 2.38. The number of para-hydroxylation sites is 1. The van der Waals surface area contributed by atoms with Crippen molar-refractivity contribution in [3.63, 3.8) is 0 Å². The van der Waals surface area contributed by atoms with Crippen molar-refractivity contribution in [1.29, 1.82) is 0 Å². The first-order valence-corrected chi connectivity index (χ1v) is 6.57. The van der Waals surface area contributed by atoms with Crippen LogP contribution in [0.15, 0.2) is 47.5 Å². The third-order valence-electron chi connectivity index (χ3n) is 2.86. The molecule has 2 nitrogen and oxygen atoms in total. The molecule has 2 aromatic rings. The molecule has 0 saturated heterocycles. The summed E-state index contributed by atoms with van der Waals surface area (Å²) in [7, 11) is 0. The molecule has 0 amide bonds. The third-order valence-corrected chi connectivity index (χ3v) is 3.08. The SMILES string of the molecule is CC(C)c1cc(Cl)cc(C=Nc2ccccc2)c1O. The van der Waals surface area contributed by atoms with Crippen molar-refractivity contribution >= 4 is 23.5 Å². The Morgan fingerprint density at radius 3 is 2.47 bits per heavy atom. The minimum atomic E-state index is 0.211. The highest BCUT2D eigenvalue weighted by Crippen LogP contribution is 2.31. The third kappa shape index (κ3) is 3.36. The number of nitrogens with zero attached hydrogens (tertiary/aromatic N) is 1. The van der Waals surface area contributed by atoms with Crippen molar-refractivity contribution in [2.45, 2.75) is 19.8 Å². The second-order valence-electron chi connectivity index (χ2n) is 4.68. The lowest BCUT2D eigenvalue weighted by Crippen LogP contribution is -1.93. The van der Waals surface area contributed by atoms with Crippen LogP contribution in [0.3, 0.4) is 0 Å². The van der Waals surface area contributed by atoms with Gasteiger partial charge in [0.15, 0.2) is 0 Å². The number of hydrogen-bond donors (Lipinski definition) is 1. The number of hydrogen-bond acceptors (Lipinski definition) is 2. The molecular weight excluding hydrogens is 258 g/mol. The molecule has 3 heteroatoms. The van der Waals surface area contributed by atoms with Crippen LogP contribution in [0.4, 0.5) is 5.69 Å². The summed E-state index contributed by atoms with van der Waals surface area (Å²) < 4.78 is 0. The molecule has 2 aromatic carbocycles. The van der Waals surface area contributed by atoms with E-state index in [1.807, 2.05) is 44.2 Å². The second-order valence-corrected chi connectivity index (χ2v) is 5.12. The van der Waals surface area contributed by atoms with E-state index in [-0.39, 0.29) is 11.7 Å². The molecule has 19 heavy (non-hydrogen) atoms. The fourth-order valence-corrected chi connectivity index (χ4v) is 2.07. The summed E-state index contributed by atoms with van der Waals surface area (Å²) in [5, 5.41) is 10.8. The minimum absolute atomic E-state index is 0.211. The largest absolute Gasteiger partial charge is 0.507 e. The number of phenols is 1. The fraction of sp³-hybridized carbons (Fsp3) is 0.188. The van der Waals surface area contributed by atoms with Gasteiger partial charge in [-0.1, -0.05) is 43.6 Å². The van der Waals surface area contributed by atoms with Crippen molar-refractivity contribution in [3.8, 4) is 5.75 Å². The number of rotatable bonds is 3. The van der Waals surface area contributed by atoms with Gasteiger partial charge in [-0.25, -0.2) is 0 Å². The molecule has 0 fully saturated rings. The van der Waals surface area contributed by atoms with Crippen LogP contribution in [-0.4, -0.2) is 11.3 Å². The van der Waals surface area contributed by atoms with E-state index in [0.717, 1.165) is 11.3 Å². The average molecular weight is 274 g/mol. The van der Waals surface area contributed by atoms with Crippen molar-refractivity contribution in [2.24, 2.45) is 4.99 Å². The van der Waals surface area contributed by atoms with Gasteiger partial charge in [0.2, 0.25) is 0 Å². The maximum atomic E-state index is 10.2. The van der Waals surface area contributed by atoms with Gasteiger partial charge in [-0.3, -0.25) is 4.99 Å². The number of aliphatic imine (C=N–C) groups is 1. The molecule has 0 bridgehead atoms. The van der Waals surface area contributed by atoms with Crippen LogP contribution in [0.2, 0.25) is 5.02 Å². The van der Waals surface area contributed by atoms with Crippen LogP contribution in [-0.2, 0) is 0 Å². The van der Waals surface area contributed by atoms with Crippen molar-refractivity contribution in [2.75, 3.05) is 0 Å². The summed E-state index contributed by atoms with van der Waals surface area (Å²) >= 11 is 6.08. The molecule has 0 aromatic heterocycles. The van der Waals surface area contributed by atoms with Crippen LogP contribution in [0.5, 0.6) is 5.75 Å². The summed E-state index contributed by atoms with van der Waals surface area (Å²) in [6, 6.07) is 13.1. The molecule has 0 heterocycles. The minimum Gasteiger partial charge on any atom is -0.507 e. The van der Waals surface area contributed by atoms with Gasteiger partial charge >= 0.3 is 0 Å². The zero-order chi connectivity index (χ0) is 13.8. The highest BCUT2D eigenvalue weighted by Gasteiger charge is 2.11. The van der Waals surface area contributed by atoms with E-state index in [1.165, 1.54) is 0 Å². The van der Waals surface area contributed by atoms with Crippen LogP contribution in [0, 0.1) is 0 Å². The van der Waals surface area contributed by atoms with Crippen LogP contribution in [0.1, 0.15) is 30.9 Å². The maximum Gasteiger partial charge on any atom is 0.127 e. The van der Waals surface area contributed by atoms with Gasteiger partial charge in [0, 0.05) is 16.8 Å². The number of benzene rings is 2.